The number of pyridine rings is 1. The second-order valence-electron chi connectivity index (χ2n) is 11.3. The number of nitrogens with one attached hydrogen (secondary N) is 2. The SMILES string of the molecule is CC(C)n1c2c(cc(=C3CC=C(NS(=O)(=O)CCC(F)(F)F)C(F)=C3F)c1=O)CN=C(NC1CCC(N(C)C)CC1)N=2. The van der Waals surface area contributed by atoms with E-state index in [1.165, 1.54) is 10.6 Å². The topological polar surface area (TPSA) is 108 Å². The van der Waals surface area contributed by atoms with E-state index in [0.29, 0.717) is 23.1 Å². The highest BCUT2D eigenvalue weighted by atomic mass is 32.2. The molecule has 0 spiro atoms. The third kappa shape index (κ3) is 7.28. The summed E-state index contributed by atoms with van der Waals surface area (Å²) in [5.74, 6) is -4.02. The van der Waals surface area contributed by atoms with E-state index < -0.39 is 57.3 Å². The first kappa shape index (κ1) is 31.9. The summed E-state index contributed by atoms with van der Waals surface area (Å²) in [5, 5.41) is 3.25. The standard InChI is InChI=1S/C27H35F5N6O3S/c1-15(2)38-24-16(14-33-26(35-24)34-17-5-7-18(8-6-17)37(3)4)13-20(25(38)39)19-9-10-21(23(29)22(19)28)36-42(40,41)12-11-27(30,31)32/h10,13,15,17-18,36H,5-9,11-12,14H2,1-4H3,(H,33,34). The van der Waals surface area contributed by atoms with E-state index in [4.69, 9.17) is 0 Å². The maximum absolute atomic E-state index is 15.3. The van der Waals surface area contributed by atoms with E-state index >= 15 is 4.39 Å². The molecule has 0 atom stereocenters. The molecule has 4 rings (SSSR count). The molecule has 232 valence electrons. The van der Waals surface area contributed by atoms with Gasteiger partial charge in [0.1, 0.15) is 5.49 Å². The lowest BCUT2D eigenvalue weighted by Crippen LogP contribution is -2.49. The third-order valence-corrected chi connectivity index (χ3v) is 8.89. The molecule has 1 aromatic rings. The number of hydrogen-bond acceptors (Lipinski definition) is 7. The fourth-order valence-electron chi connectivity index (χ4n) is 5.33. The zero-order valence-corrected chi connectivity index (χ0v) is 24.7. The Kier molecular flexibility index (Phi) is 9.31. The molecule has 9 nitrogen and oxygen atoms in total. The first-order valence-corrected chi connectivity index (χ1v) is 15.4. The van der Waals surface area contributed by atoms with Gasteiger partial charge in [-0.25, -0.2) is 22.2 Å². The Labute approximate surface area is 240 Å². The van der Waals surface area contributed by atoms with Gasteiger partial charge in [-0.2, -0.15) is 18.2 Å². The van der Waals surface area contributed by atoms with Crippen molar-refractivity contribution in [2.75, 3.05) is 19.8 Å². The summed E-state index contributed by atoms with van der Waals surface area (Å²) in [6.45, 7) is 3.66. The zero-order valence-electron chi connectivity index (χ0n) is 23.9. The molecule has 0 saturated heterocycles. The number of aromatic nitrogens is 1. The van der Waals surface area contributed by atoms with Crippen molar-refractivity contribution < 1.29 is 30.4 Å². The minimum absolute atomic E-state index is 0.130. The number of hydrogen-bond donors (Lipinski definition) is 2. The predicted octanol–water partition coefficient (Wildman–Crippen LogP) is 2.84. The summed E-state index contributed by atoms with van der Waals surface area (Å²) in [4.78, 5) is 24.9. The van der Waals surface area contributed by atoms with Crippen LogP contribution in [0.25, 0.3) is 5.57 Å². The van der Waals surface area contributed by atoms with Gasteiger partial charge in [0, 0.05) is 34.5 Å². The molecule has 1 fully saturated rings. The van der Waals surface area contributed by atoms with Crippen LogP contribution in [0.5, 0.6) is 0 Å². The predicted molar refractivity (Wildman–Crippen MR) is 149 cm³/mol. The normalized spacial score (nSPS) is 22.9. The van der Waals surface area contributed by atoms with Crippen molar-refractivity contribution in [3.63, 3.8) is 0 Å². The zero-order chi connectivity index (χ0) is 31.0. The smallest absolute Gasteiger partial charge is 0.352 e. The van der Waals surface area contributed by atoms with Gasteiger partial charge in [0.15, 0.2) is 11.7 Å². The summed E-state index contributed by atoms with van der Waals surface area (Å²) in [7, 11) is -0.472. The summed E-state index contributed by atoms with van der Waals surface area (Å²) < 4.78 is 94.7. The average molecular weight is 619 g/mol. The van der Waals surface area contributed by atoms with Gasteiger partial charge in [0.05, 0.1) is 24.4 Å². The molecule has 0 bridgehead atoms. The highest BCUT2D eigenvalue weighted by Crippen LogP contribution is 2.31. The molecule has 2 N–H and O–H groups in total. The molecule has 2 aliphatic carbocycles. The van der Waals surface area contributed by atoms with Crippen molar-refractivity contribution in [3.8, 4) is 0 Å². The van der Waals surface area contributed by atoms with Gasteiger partial charge in [-0.05, 0) is 66.1 Å². The summed E-state index contributed by atoms with van der Waals surface area (Å²) in [5.41, 5.74) is -0.827. The highest BCUT2D eigenvalue weighted by Gasteiger charge is 2.32. The Morgan fingerprint density at radius 1 is 1.12 bits per heavy atom. The molecule has 42 heavy (non-hydrogen) atoms. The fourth-order valence-corrected chi connectivity index (χ4v) is 6.44. The number of aliphatic imine (C=N–C) groups is 1. The second-order valence-corrected chi connectivity index (χ2v) is 13.1. The number of allylic oxidation sites excluding steroid dienone is 3. The Morgan fingerprint density at radius 3 is 2.38 bits per heavy atom. The van der Waals surface area contributed by atoms with Crippen LogP contribution in [0.4, 0.5) is 22.0 Å². The number of rotatable bonds is 7. The molecule has 1 aliphatic heterocycles. The number of halogens is 5. The fraction of sp³-hybridized carbons (Fsp3) is 0.593. The van der Waals surface area contributed by atoms with Gasteiger partial charge in [0.25, 0.3) is 5.56 Å². The van der Waals surface area contributed by atoms with Crippen LogP contribution in [0, 0.1) is 0 Å². The lowest BCUT2D eigenvalue weighted by molar-refractivity contribution is -0.129. The summed E-state index contributed by atoms with van der Waals surface area (Å²) in [6, 6.07) is 1.74. The Balaban J connectivity index is 1.64. The van der Waals surface area contributed by atoms with E-state index in [0.717, 1.165) is 31.8 Å². The third-order valence-electron chi connectivity index (χ3n) is 7.62. The number of nitrogens with zero attached hydrogens (tertiary/aromatic N) is 4. The van der Waals surface area contributed by atoms with E-state index in [1.54, 1.807) is 18.6 Å². The van der Waals surface area contributed by atoms with E-state index in [1.807, 2.05) is 0 Å². The minimum atomic E-state index is -4.74. The molecule has 2 heterocycles. The van der Waals surface area contributed by atoms with Crippen molar-refractivity contribution >= 4 is 21.6 Å². The second kappa shape index (κ2) is 12.3. The molecule has 0 unspecified atom stereocenters. The molecule has 0 radical (unpaired) electrons. The van der Waals surface area contributed by atoms with Crippen LogP contribution in [0.15, 0.2) is 44.3 Å². The average Bonchev–Trinajstić information content (AvgIpc) is 2.90. The first-order chi connectivity index (χ1) is 19.6. The molecule has 0 amide bonds. The molecule has 3 aliphatic rings. The van der Waals surface area contributed by atoms with Crippen LogP contribution < -0.4 is 26.3 Å². The van der Waals surface area contributed by atoms with Crippen LogP contribution >= 0.6 is 0 Å². The molecule has 15 heteroatoms. The largest absolute Gasteiger partial charge is 0.390 e. The Hall–Kier alpha value is -3.07. The number of sulfonamides is 1. The molecular formula is C27H35F5N6O3S. The Morgan fingerprint density at radius 2 is 1.79 bits per heavy atom. The van der Waals surface area contributed by atoms with Gasteiger partial charge in [0.2, 0.25) is 16.0 Å². The number of alkyl halides is 3. The van der Waals surface area contributed by atoms with Crippen molar-refractivity contribution in [2.45, 2.75) is 83.2 Å². The van der Waals surface area contributed by atoms with Gasteiger partial charge in [-0.1, -0.05) is 6.08 Å². The lowest BCUT2D eigenvalue weighted by atomic mass is 9.90. The molecular weight excluding hydrogens is 583 g/mol. The van der Waals surface area contributed by atoms with Crippen LogP contribution in [0.2, 0.25) is 0 Å². The minimum Gasteiger partial charge on any atom is -0.352 e. The van der Waals surface area contributed by atoms with E-state index in [2.05, 4.69) is 34.3 Å². The molecule has 1 saturated carbocycles. The van der Waals surface area contributed by atoms with Crippen molar-refractivity contribution in [1.29, 1.82) is 0 Å². The number of fused-ring (bicyclic) bond motifs is 1. The highest BCUT2D eigenvalue weighted by molar-refractivity contribution is 7.89. The van der Waals surface area contributed by atoms with E-state index in [-0.39, 0.29) is 29.8 Å². The van der Waals surface area contributed by atoms with Crippen molar-refractivity contribution in [3.05, 3.63) is 56.1 Å². The van der Waals surface area contributed by atoms with Crippen molar-refractivity contribution in [1.82, 2.24) is 19.5 Å². The van der Waals surface area contributed by atoms with Crippen LogP contribution in [0.3, 0.4) is 0 Å². The Bertz CT molecular complexity index is 1600. The lowest BCUT2D eigenvalue weighted by Gasteiger charge is -2.33. The summed E-state index contributed by atoms with van der Waals surface area (Å²) >= 11 is 0. The monoisotopic (exact) mass is 618 g/mol. The van der Waals surface area contributed by atoms with Gasteiger partial charge in [-0.15, -0.1) is 0 Å². The van der Waals surface area contributed by atoms with Crippen LogP contribution in [0.1, 0.15) is 64.0 Å². The maximum Gasteiger partial charge on any atom is 0.390 e. The van der Waals surface area contributed by atoms with Crippen LogP contribution in [-0.4, -0.2) is 62.0 Å². The van der Waals surface area contributed by atoms with Gasteiger partial charge < -0.3 is 10.2 Å². The van der Waals surface area contributed by atoms with E-state index in [9.17, 15) is 30.8 Å². The summed E-state index contributed by atoms with van der Waals surface area (Å²) in [6.07, 6.45) is -1.79. The quantitative estimate of drug-likeness (QED) is 0.457. The van der Waals surface area contributed by atoms with Crippen LogP contribution in [-0.2, 0) is 16.6 Å². The molecule has 1 aromatic heterocycles. The first-order valence-electron chi connectivity index (χ1n) is 13.7. The van der Waals surface area contributed by atoms with Crippen molar-refractivity contribution in [2.24, 2.45) is 9.98 Å². The van der Waals surface area contributed by atoms with Gasteiger partial charge >= 0.3 is 6.18 Å². The molecule has 0 aromatic carbocycles. The maximum atomic E-state index is 15.3. The number of guanidine groups is 1. The van der Waals surface area contributed by atoms with Gasteiger partial charge in [-0.3, -0.25) is 14.1 Å².